The lowest BCUT2D eigenvalue weighted by Gasteiger charge is -2.30. The van der Waals surface area contributed by atoms with Gasteiger partial charge >= 0.3 is 0 Å². The van der Waals surface area contributed by atoms with Gasteiger partial charge in [0.15, 0.2) is 0 Å². The van der Waals surface area contributed by atoms with Crippen LogP contribution in [0.4, 0.5) is 5.69 Å². The lowest BCUT2D eigenvalue weighted by atomic mass is 10.0. The van der Waals surface area contributed by atoms with Crippen molar-refractivity contribution in [3.05, 3.63) is 58.1 Å². The first kappa shape index (κ1) is 20.1. The van der Waals surface area contributed by atoms with Gasteiger partial charge in [-0.2, -0.15) is 4.31 Å². The third-order valence-electron chi connectivity index (χ3n) is 4.54. The highest BCUT2D eigenvalue weighted by Crippen LogP contribution is 2.25. The van der Waals surface area contributed by atoms with Gasteiger partial charge in [0, 0.05) is 23.8 Å². The second-order valence-electron chi connectivity index (χ2n) is 6.71. The summed E-state index contributed by atoms with van der Waals surface area (Å²) in [7, 11) is -3.52. The molecule has 2 aromatic carbocycles. The molecule has 1 heterocycles. The van der Waals surface area contributed by atoms with E-state index < -0.39 is 15.9 Å². The van der Waals surface area contributed by atoms with Gasteiger partial charge in [-0.25, -0.2) is 8.42 Å². The summed E-state index contributed by atoms with van der Waals surface area (Å²) in [5, 5.41) is 3.39. The molecule has 0 aromatic heterocycles. The molecule has 1 saturated heterocycles. The highest BCUT2D eigenvalue weighted by atomic mass is 35.5. The maximum absolute atomic E-state index is 12.8. The van der Waals surface area contributed by atoms with E-state index in [1.54, 1.807) is 24.3 Å². The molecule has 144 valence electrons. The number of sulfonamides is 1. The minimum absolute atomic E-state index is 0.218. The van der Waals surface area contributed by atoms with Gasteiger partial charge in [0.1, 0.15) is 0 Å². The molecule has 1 fully saturated rings. The van der Waals surface area contributed by atoms with Crippen LogP contribution in [0.1, 0.15) is 30.1 Å². The monoisotopic (exact) mass is 426 g/mol. The number of carbonyl (C=O) groups excluding carboxylic acids is 1. The summed E-state index contributed by atoms with van der Waals surface area (Å²) in [5.74, 6) is -0.0579. The number of piperidine rings is 1. The Morgan fingerprint density at radius 2 is 1.85 bits per heavy atom. The lowest BCUT2D eigenvalue weighted by Crippen LogP contribution is -2.39. The standard InChI is InChI=1S/C19H20Cl2N2O3S/c1-13-3-2-10-23(12-13)27(25,26)16-7-5-15(6-8-16)22-19(24)17-11-14(20)4-9-18(17)21/h4-9,11,13H,2-3,10,12H2,1H3,(H,22,24). The molecule has 0 aliphatic carbocycles. The topological polar surface area (TPSA) is 66.5 Å². The molecule has 2 aromatic rings. The van der Waals surface area contributed by atoms with Gasteiger partial charge < -0.3 is 5.32 Å². The van der Waals surface area contributed by atoms with Crippen molar-refractivity contribution >= 4 is 44.8 Å². The van der Waals surface area contributed by atoms with Crippen molar-refractivity contribution in [1.29, 1.82) is 0 Å². The van der Waals surface area contributed by atoms with Crippen LogP contribution in [0.5, 0.6) is 0 Å². The predicted molar refractivity (Wildman–Crippen MR) is 108 cm³/mol. The highest BCUT2D eigenvalue weighted by molar-refractivity contribution is 7.89. The van der Waals surface area contributed by atoms with Gasteiger partial charge in [-0.3, -0.25) is 4.79 Å². The van der Waals surface area contributed by atoms with Gasteiger partial charge in [0.05, 0.1) is 15.5 Å². The van der Waals surface area contributed by atoms with E-state index in [1.165, 1.54) is 22.5 Å². The third-order valence-corrected chi connectivity index (χ3v) is 6.99. The second kappa shape index (κ2) is 8.19. The summed E-state index contributed by atoms with van der Waals surface area (Å²) in [5.41, 5.74) is 0.727. The number of carbonyl (C=O) groups is 1. The minimum Gasteiger partial charge on any atom is -0.322 e. The molecule has 0 bridgehead atoms. The second-order valence-corrected chi connectivity index (χ2v) is 9.49. The number of halogens is 2. The van der Waals surface area contributed by atoms with E-state index >= 15 is 0 Å². The maximum atomic E-state index is 12.8. The molecule has 1 N–H and O–H groups in total. The Bertz CT molecular complexity index is 946. The van der Waals surface area contributed by atoms with Crippen molar-refractivity contribution in [1.82, 2.24) is 4.31 Å². The molecule has 1 aliphatic heterocycles. The summed E-state index contributed by atoms with van der Waals surface area (Å²) < 4.78 is 27.1. The molecule has 27 heavy (non-hydrogen) atoms. The van der Waals surface area contributed by atoms with E-state index in [9.17, 15) is 13.2 Å². The number of nitrogens with zero attached hydrogens (tertiary/aromatic N) is 1. The molecule has 1 unspecified atom stereocenters. The van der Waals surface area contributed by atoms with Crippen molar-refractivity contribution in [2.45, 2.75) is 24.7 Å². The third kappa shape index (κ3) is 4.63. The Labute approximate surface area is 169 Å². The van der Waals surface area contributed by atoms with Crippen LogP contribution >= 0.6 is 23.2 Å². The fourth-order valence-corrected chi connectivity index (χ4v) is 5.07. The Morgan fingerprint density at radius 1 is 1.15 bits per heavy atom. The molecule has 0 spiro atoms. The normalized spacial score (nSPS) is 18.3. The van der Waals surface area contributed by atoms with Crippen LogP contribution in [0.15, 0.2) is 47.4 Å². The zero-order valence-electron chi connectivity index (χ0n) is 14.8. The van der Waals surface area contributed by atoms with E-state index in [4.69, 9.17) is 23.2 Å². The molecule has 1 aliphatic rings. The molecule has 5 nitrogen and oxygen atoms in total. The molecular weight excluding hydrogens is 407 g/mol. The Kier molecular flexibility index (Phi) is 6.11. The fourth-order valence-electron chi connectivity index (χ4n) is 3.09. The maximum Gasteiger partial charge on any atom is 0.257 e. The van der Waals surface area contributed by atoms with Crippen molar-refractivity contribution in [3.8, 4) is 0 Å². The quantitative estimate of drug-likeness (QED) is 0.772. The van der Waals surface area contributed by atoms with Crippen molar-refractivity contribution in [2.75, 3.05) is 18.4 Å². The zero-order valence-corrected chi connectivity index (χ0v) is 17.1. The van der Waals surface area contributed by atoms with E-state index in [-0.39, 0.29) is 15.5 Å². The first-order valence-corrected chi connectivity index (χ1v) is 10.8. The highest BCUT2D eigenvalue weighted by Gasteiger charge is 2.28. The van der Waals surface area contributed by atoms with Crippen molar-refractivity contribution < 1.29 is 13.2 Å². The number of nitrogens with one attached hydrogen (secondary N) is 1. The molecule has 0 radical (unpaired) electrons. The van der Waals surface area contributed by atoms with Crippen molar-refractivity contribution in [2.24, 2.45) is 5.92 Å². The van der Waals surface area contributed by atoms with Gasteiger partial charge in [-0.05, 0) is 61.2 Å². The zero-order chi connectivity index (χ0) is 19.6. The minimum atomic E-state index is -3.52. The predicted octanol–water partition coefficient (Wildman–Crippen LogP) is 4.67. The molecular formula is C19H20Cl2N2O3S. The van der Waals surface area contributed by atoms with Gasteiger partial charge in [0.25, 0.3) is 5.91 Å². The molecule has 3 rings (SSSR count). The molecule has 1 atom stereocenters. The number of rotatable bonds is 4. The van der Waals surface area contributed by atoms with Crippen LogP contribution < -0.4 is 5.32 Å². The summed E-state index contributed by atoms with van der Waals surface area (Å²) >= 11 is 11.9. The smallest absolute Gasteiger partial charge is 0.257 e. The number of hydrogen-bond acceptors (Lipinski definition) is 3. The van der Waals surface area contributed by atoms with Crippen molar-refractivity contribution in [3.63, 3.8) is 0 Å². The first-order valence-electron chi connectivity index (χ1n) is 8.64. The Morgan fingerprint density at radius 3 is 2.52 bits per heavy atom. The summed E-state index contributed by atoms with van der Waals surface area (Å²) in [6.45, 7) is 3.13. The van der Waals surface area contributed by atoms with Crippen LogP contribution in [-0.4, -0.2) is 31.7 Å². The van der Waals surface area contributed by atoms with Gasteiger partial charge in [-0.1, -0.05) is 30.1 Å². The largest absolute Gasteiger partial charge is 0.322 e. The lowest BCUT2D eigenvalue weighted by molar-refractivity contribution is 0.102. The van der Waals surface area contributed by atoms with Gasteiger partial charge in [0.2, 0.25) is 10.0 Å². The number of anilines is 1. The summed E-state index contributed by atoms with van der Waals surface area (Å²) in [4.78, 5) is 12.6. The van der Waals surface area contributed by atoms with Crippen LogP contribution in [0.25, 0.3) is 0 Å². The number of benzene rings is 2. The number of hydrogen-bond donors (Lipinski definition) is 1. The Balaban J connectivity index is 1.75. The molecule has 0 saturated carbocycles. The van der Waals surface area contributed by atoms with Crippen LogP contribution in [-0.2, 0) is 10.0 Å². The fraction of sp³-hybridized carbons (Fsp3) is 0.316. The molecule has 8 heteroatoms. The summed E-state index contributed by atoms with van der Waals surface area (Å²) in [6, 6.07) is 10.8. The first-order chi connectivity index (χ1) is 12.8. The van der Waals surface area contributed by atoms with Crippen LogP contribution in [0.3, 0.4) is 0 Å². The van der Waals surface area contributed by atoms with Crippen LogP contribution in [0, 0.1) is 5.92 Å². The van der Waals surface area contributed by atoms with E-state index in [0.29, 0.717) is 29.7 Å². The van der Waals surface area contributed by atoms with E-state index in [2.05, 4.69) is 12.2 Å². The summed E-state index contributed by atoms with van der Waals surface area (Å²) in [6.07, 6.45) is 1.91. The Hall–Kier alpha value is -1.60. The average molecular weight is 427 g/mol. The van der Waals surface area contributed by atoms with E-state index in [1.807, 2.05) is 0 Å². The van der Waals surface area contributed by atoms with Crippen LogP contribution in [0.2, 0.25) is 10.0 Å². The SMILES string of the molecule is CC1CCCN(S(=O)(=O)c2ccc(NC(=O)c3cc(Cl)ccc3Cl)cc2)C1. The van der Waals surface area contributed by atoms with Gasteiger partial charge in [-0.15, -0.1) is 0 Å². The van der Waals surface area contributed by atoms with E-state index in [0.717, 1.165) is 12.8 Å². The number of amides is 1. The average Bonchev–Trinajstić information content (AvgIpc) is 2.64. The molecule has 1 amide bonds.